The molecule has 0 bridgehead atoms. The Hall–Kier alpha value is -2.22. The molecule has 1 saturated heterocycles. The molecule has 3 rings (SSSR count). The standard InChI is InChI=1S/C15H14N4/c16-8-11-3-1-4-12(7-11)14-10-18-19-15(14)13-5-2-6-17-9-13/h1-7,9,14-15,18-19H,10H2. The highest BCUT2D eigenvalue weighted by Crippen LogP contribution is 2.32. The van der Waals surface area contributed by atoms with E-state index in [-0.39, 0.29) is 6.04 Å². The topological polar surface area (TPSA) is 60.7 Å². The van der Waals surface area contributed by atoms with Gasteiger partial charge >= 0.3 is 0 Å². The molecule has 1 aromatic heterocycles. The van der Waals surface area contributed by atoms with E-state index in [1.165, 1.54) is 5.56 Å². The largest absolute Gasteiger partial charge is 0.264 e. The first-order valence-corrected chi connectivity index (χ1v) is 6.27. The number of hydrogen-bond donors (Lipinski definition) is 2. The number of hydrazine groups is 1. The molecule has 1 aliphatic heterocycles. The predicted molar refractivity (Wildman–Crippen MR) is 72.0 cm³/mol. The van der Waals surface area contributed by atoms with Gasteiger partial charge in [0.2, 0.25) is 0 Å². The third-order valence-electron chi connectivity index (χ3n) is 3.47. The van der Waals surface area contributed by atoms with Crippen LogP contribution in [0.3, 0.4) is 0 Å². The molecule has 2 aromatic rings. The normalized spacial score (nSPS) is 22.1. The number of aromatic nitrogens is 1. The Kier molecular flexibility index (Phi) is 3.23. The van der Waals surface area contributed by atoms with Gasteiger partial charge in [-0.1, -0.05) is 18.2 Å². The van der Waals surface area contributed by atoms with Crippen molar-refractivity contribution in [2.45, 2.75) is 12.0 Å². The third-order valence-corrected chi connectivity index (χ3v) is 3.47. The van der Waals surface area contributed by atoms with Crippen molar-refractivity contribution >= 4 is 0 Å². The van der Waals surface area contributed by atoms with Crippen LogP contribution < -0.4 is 10.9 Å². The second-order valence-corrected chi connectivity index (χ2v) is 4.63. The average molecular weight is 250 g/mol. The van der Waals surface area contributed by atoms with Crippen molar-refractivity contribution in [1.29, 1.82) is 5.26 Å². The second-order valence-electron chi connectivity index (χ2n) is 4.63. The van der Waals surface area contributed by atoms with Crippen LogP contribution in [0, 0.1) is 11.3 Å². The van der Waals surface area contributed by atoms with Crippen LogP contribution in [-0.2, 0) is 0 Å². The van der Waals surface area contributed by atoms with Crippen LogP contribution >= 0.6 is 0 Å². The molecule has 0 spiro atoms. The van der Waals surface area contributed by atoms with Gasteiger partial charge in [-0.25, -0.2) is 5.43 Å². The summed E-state index contributed by atoms with van der Waals surface area (Å²) in [5, 5.41) is 9.00. The molecule has 1 fully saturated rings. The molecule has 0 amide bonds. The molecule has 2 heterocycles. The minimum atomic E-state index is 0.183. The summed E-state index contributed by atoms with van der Waals surface area (Å²) in [7, 11) is 0. The minimum Gasteiger partial charge on any atom is -0.264 e. The van der Waals surface area contributed by atoms with Gasteiger partial charge in [-0.15, -0.1) is 0 Å². The maximum absolute atomic E-state index is 9.00. The smallest absolute Gasteiger partial charge is 0.0991 e. The summed E-state index contributed by atoms with van der Waals surface area (Å²) < 4.78 is 0. The Morgan fingerprint density at radius 1 is 1.21 bits per heavy atom. The Morgan fingerprint density at radius 2 is 2.11 bits per heavy atom. The summed E-state index contributed by atoms with van der Waals surface area (Å²) in [6.45, 7) is 0.842. The van der Waals surface area contributed by atoms with Crippen molar-refractivity contribution in [1.82, 2.24) is 15.8 Å². The van der Waals surface area contributed by atoms with E-state index in [2.05, 4.69) is 34.0 Å². The molecule has 94 valence electrons. The Morgan fingerprint density at radius 3 is 2.89 bits per heavy atom. The molecule has 19 heavy (non-hydrogen) atoms. The summed E-state index contributed by atoms with van der Waals surface area (Å²) in [5.41, 5.74) is 9.51. The van der Waals surface area contributed by atoms with Gasteiger partial charge in [0.05, 0.1) is 17.7 Å². The number of pyridine rings is 1. The minimum absolute atomic E-state index is 0.183. The van der Waals surface area contributed by atoms with E-state index in [1.54, 1.807) is 6.20 Å². The van der Waals surface area contributed by atoms with Gasteiger partial charge in [-0.3, -0.25) is 10.4 Å². The summed E-state index contributed by atoms with van der Waals surface area (Å²) >= 11 is 0. The van der Waals surface area contributed by atoms with Crippen molar-refractivity contribution in [3.05, 3.63) is 65.5 Å². The highest BCUT2D eigenvalue weighted by molar-refractivity contribution is 5.37. The summed E-state index contributed by atoms with van der Waals surface area (Å²) in [4.78, 5) is 4.17. The molecule has 2 unspecified atom stereocenters. The van der Waals surface area contributed by atoms with Crippen LogP contribution in [0.5, 0.6) is 0 Å². The predicted octanol–water partition coefficient (Wildman–Crippen LogP) is 1.89. The van der Waals surface area contributed by atoms with Crippen molar-refractivity contribution in [2.75, 3.05) is 6.54 Å². The van der Waals surface area contributed by atoms with Gasteiger partial charge in [0.25, 0.3) is 0 Å². The Bertz CT molecular complexity index is 603. The third kappa shape index (κ3) is 2.34. The highest BCUT2D eigenvalue weighted by Gasteiger charge is 2.29. The van der Waals surface area contributed by atoms with Gasteiger partial charge in [-0.2, -0.15) is 5.26 Å². The fraction of sp³-hybridized carbons (Fsp3) is 0.200. The van der Waals surface area contributed by atoms with Crippen molar-refractivity contribution in [3.8, 4) is 6.07 Å². The molecule has 0 saturated carbocycles. The molecule has 1 aromatic carbocycles. The summed E-state index contributed by atoms with van der Waals surface area (Å²) in [6, 6.07) is 14.2. The molecule has 4 heteroatoms. The van der Waals surface area contributed by atoms with E-state index >= 15 is 0 Å². The summed E-state index contributed by atoms with van der Waals surface area (Å²) in [5.74, 6) is 0.303. The van der Waals surface area contributed by atoms with Crippen molar-refractivity contribution < 1.29 is 0 Å². The van der Waals surface area contributed by atoms with Gasteiger partial charge < -0.3 is 0 Å². The van der Waals surface area contributed by atoms with Crippen LogP contribution in [-0.4, -0.2) is 11.5 Å². The number of hydrogen-bond acceptors (Lipinski definition) is 4. The monoisotopic (exact) mass is 250 g/mol. The number of benzene rings is 1. The van der Waals surface area contributed by atoms with E-state index in [0.29, 0.717) is 11.5 Å². The average Bonchev–Trinajstić information content (AvgIpc) is 2.98. The maximum atomic E-state index is 9.00. The van der Waals surface area contributed by atoms with E-state index < -0.39 is 0 Å². The molecule has 0 aliphatic carbocycles. The quantitative estimate of drug-likeness (QED) is 0.854. The lowest BCUT2D eigenvalue weighted by molar-refractivity contribution is 0.552. The van der Waals surface area contributed by atoms with Crippen LogP contribution in [0.15, 0.2) is 48.8 Å². The summed E-state index contributed by atoms with van der Waals surface area (Å²) in [6.07, 6.45) is 3.66. The zero-order valence-electron chi connectivity index (χ0n) is 10.4. The van der Waals surface area contributed by atoms with E-state index in [0.717, 1.165) is 12.1 Å². The Balaban J connectivity index is 1.93. The SMILES string of the molecule is N#Cc1cccc(C2CNNC2c2cccnc2)c1. The highest BCUT2D eigenvalue weighted by atomic mass is 15.4. The van der Waals surface area contributed by atoms with Gasteiger partial charge in [0, 0.05) is 24.9 Å². The zero-order valence-corrected chi connectivity index (χ0v) is 10.4. The zero-order chi connectivity index (χ0) is 13.1. The number of nitrogens with zero attached hydrogens (tertiary/aromatic N) is 2. The number of nitrogens with one attached hydrogen (secondary N) is 2. The van der Waals surface area contributed by atoms with E-state index in [9.17, 15) is 0 Å². The maximum Gasteiger partial charge on any atom is 0.0991 e. The number of nitriles is 1. The number of rotatable bonds is 2. The molecular weight excluding hydrogens is 236 g/mol. The fourth-order valence-corrected chi connectivity index (χ4v) is 2.52. The van der Waals surface area contributed by atoms with E-state index in [4.69, 9.17) is 5.26 Å². The fourth-order valence-electron chi connectivity index (χ4n) is 2.52. The van der Waals surface area contributed by atoms with E-state index in [1.807, 2.05) is 30.5 Å². The van der Waals surface area contributed by atoms with Crippen LogP contribution in [0.2, 0.25) is 0 Å². The van der Waals surface area contributed by atoms with Gasteiger partial charge in [0.15, 0.2) is 0 Å². The molecule has 1 aliphatic rings. The lowest BCUT2D eigenvalue weighted by atomic mass is 9.89. The second kappa shape index (κ2) is 5.19. The first-order chi connectivity index (χ1) is 9.38. The van der Waals surface area contributed by atoms with Gasteiger partial charge in [-0.05, 0) is 29.3 Å². The van der Waals surface area contributed by atoms with Gasteiger partial charge in [0.1, 0.15) is 0 Å². The van der Waals surface area contributed by atoms with Crippen LogP contribution in [0.1, 0.15) is 28.7 Å². The Labute approximate surface area is 112 Å². The lowest BCUT2D eigenvalue weighted by Gasteiger charge is -2.18. The first-order valence-electron chi connectivity index (χ1n) is 6.27. The molecule has 2 N–H and O–H groups in total. The molecule has 0 radical (unpaired) electrons. The van der Waals surface area contributed by atoms with Crippen LogP contribution in [0.4, 0.5) is 0 Å². The van der Waals surface area contributed by atoms with Crippen LogP contribution in [0.25, 0.3) is 0 Å². The van der Waals surface area contributed by atoms with Crippen molar-refractivity contribution in [2.24, 2.45) is 0 Å². The molecule has 4 nitrogen and oxygen atoms in total. The first kappa shape index (κ1) is 11.8. The molecular formula is C15H14N4. The van der Waals surface area contributed by atoms with Crippen molar-refractivity contribution in [3.63, 3.8) is 0 Å². The lowest BCUT2D eigenvalue weighted by Crippen LogP contribution is -2.24. The molecule has 2 atom stereocenters.